The number of aromatic nitrogens is 2. The molecule has 1 fully saturated rings. The van der Waals surface area contributed by atoms with Crippen molar-refractivity contribution >= 4 is 12.4 Å². The Balaban J connectivity index is 0.00000208. The zero-order chi connectivity index (χ0) is 16.6. The predicted octanol–water partition coefficient (Wildman–Crippen LogP) is 4.30. The van der Waals surface area contributed by atoms with Gasteiger partial charge in [0.05, 0.1) is 11.3 Å². The van der Waals surface area contributed by atoms with Gasteiger partial charge in [0.25, 0.3) is 0 Å². The van der Waals surface area contributed by atoms with Crippen molar-refractivity contribution in [2.75, 3.05) is 13.1 Å². The van der Waals surface area contributed by atoms with E-state index in [-0.39, 0.29) is 12.4 Å². The molecule has 0 unspecified atom stereocenters. The van der Waals surface area contributed by atoms with Gasteiger partial charge in [-0.3, -0.25) is 0 Å². The van der Waals surface area contributed by atoms with E-state index in [2.05, 4.69) is 9.88 Å². The maximum atomic E-state index is 12.7. The highest BCUT2D eigenvalue weighted by molar-refractivity contribution is 5.85. The molecule has 2 aromatic rings. The van der Waals surface area contributed by atoms with Gasteiger partial charge in [0.15, 0.2) is 0 Å². The first-order valence-electron chi connectivity index (χ1n) is 7.79. The second-order valence-corrected chi connectivity index (χ2v) is 6.06. The second kappa shape index (κ2) is 7.15. The lowest BCUT2D eigenvalue weighted by molar-refractivity contribution is -0.137. The molecule has 1 N–H and O–H groups in total. The molecule has 1 aliphatic heterocycles. The minimum absolute atomic E-state index is 0. The number of benzene rings is 1. The van der Waals surface area contributed by atoms with Gasteiger partial charge in [-0.05, 0) is 45.0 Å². The molecule has 1 aromatic heterocycles. The Morgan fingerprint density at radius 3 is 2.25 bits per heavy atom. The summed E-state index contributed by atoms with van der Waals surface area (Å²) >= 11 is 0. The molecule has 3 rings (SSSR count). The van der Waals surface area contributed by atoms with Crippen molar-refractivity contribution in [2.45, 2.75) is 31.9 Å². The van der Waals surface area contributed by atoms with Crippen LogP contribution < -0.4 is 5.32 Å². The minimum Gasteiger partial charge on any atom is -0.335 e. The minimum atomic E-state index is -4.31. The number of hydrogen-bond acceptors (Lipinski definition) is 2. The average molecular weight is 360 g/mol. The molecule has 0 radical (unpaired) electrons. The number of alkyl halides is 3. The van der Waals surface area contributed by atoms with Gasteiger partial charge in [-0.1, -0.05) is 12.1 Å². The Morgan fingerprint density at radius 1 is 1.12 bits per heavy atom. The number of piperidine rings is 1. The van der Waals surface area contributed by atoms with Crippen LogP contribution in [0.4, 0.5) is 13.2 Å². The molecule has 0 amide bonds. The number of imidazole rings is 1. The molecule has 0 atom stereocenters. The molecule has 0 bridgehead atoms. The van der Waals surface area contributed by atoms with Gasteiger partial charge in [-0.2, -0.15) is 13.2 Å². The smallest absolute Gasteiger partial charge is 0.335 e. The van der Waals surface area contributed by atoms with E-state index < -0.39 is 11.7 Å². The van der Waals surface area contributed by atoms with Crippen molar-refractivity contribution in [1.29, 1.82) is 0 Å². The fourth-order valence-corrected chi connectivity index (χ4v) is 3.14. The Bertz CT molecular complexity index is 686. The van der Waals surface area contributed by atoms with Gasteiger partial charge in [0.1, 0.15) is 5.82 Å². The highest BCUT2D eigenvalue weighted by Crippen LogP contribution is 2.33. The molecule has 2 heterocycles. The third kappa shape index (κ3) is 3.59. The molecule has 1 aromatic carbocycles. The van der Waals surface area contributed by atoms with E-state index in [0.29, 0.717) is 5.92 Å². The summed E-state index contributed by atoms with van der Waals surface area (Å²) in [5, 5.41) is 3.33. The summed E-state index contributed by atoms with van der Waals surface area (Å²) in [7, 11) is 1.98. The van der Waals surface area contributed by atoms with Crippen LogP contribution in [0, 0.1) is 6.92 Å². The Morgan fingerprint density at radius 2 is 1.71 bits per heavy atom. The highest BCUT2D eigenvalue weighted by atomic mass is 35.5. The molecule has 0 aliphatic carbocycles. The molecular weight excluding hydrogens is 339 g/mol. The topological polar surface area (TPSA) is 29.9 Å². The first-order valence-corrected chi connectivity index (χ1v) is 7.79. The molecular formula is C17H21ClF3N3. The van der Waals surface area contributed by atoms with E-state index in [1.54, 1.807) is 0 Å². The van der Waals surface area contributed by atoms with Crippen molar-refractivity contribution < 1.29 is 13.2 Å². The molecule has 0 saturated carbocycles. The molecule has 24 heavy (non-hydrogen) atoms. The summed E-state index contributed by atoms with van der Waals surface area (Å²) in [6, 6.07) is 5.25. The number of halogens is 4. The maximum absolute atomic E-state index is 12.7. The lowest BCUT2D eigenvalue weighted by Gasteiger charge is -2.22. The van der Waals surface area contributed by atoms with E-state index in [9.17, 15) is 13.2 Å². The van der Waals surface area contributed by atoms with Crippen LogP contribution in [0.1, 0.15) is 35.8 Å². The molecule has 3 nitrogen and oxygen atoms in total. The highest BCUT2D eigenvalue weighted by Gasteiger charge is 2.30. The van der Waals surface area contributed by atoms with Crippen molar-refractivity contribution in [2.24, 2.45) is 7.05 Å². The zero-order valence-corrected chi connectivity index (χ0v) is 14.5. The summed E-state index contributed by atoms with van der Waals surface area (Å²) < 4.78 is 40.1. The Kier molecular flexibility index (Phi) is 5.60. The van der Waals surface area contributed by atoms with E-state index >= 15 is 0 Å². The Labute approximate surface area is 145 Å². The van der Waals surface area contributed by atoms with Crippen LogP contribution in [0.5, 0.6) is 0 Å². The van der Waals surface area contributed by atoms with Gasteiger partial charge < -0.3 is 9.88 Å². The van der Waals surface area contributed by atoms with Crippen LogP contribution in [0.2, 0.25) is 0 Å². The van der Waals surface area contributed by atoms with Gasteiger partial charge in [-0.15, -0.1) is 12.4 Å². The monoisotopic (exact) mass is 359 g/mol. The zero-order valence-electron chi connectivity index (χ0n) is 13.7. The summed E-state index contributed by atoms with van der Waals surface area (Å²) in [5.41, 5.74) is 1.85. The molecule has 0 spiro atoms. The summed E-state index contributed by atoms with van der Waals surface area (Å²) in [6.45, 7) is 3.92. The molecule has 132 valence electrons. The maximum Gasteiger partial charge on any atom is 0.416 e. The van der Waals surface area contributed by atoms with Crippen molar-refractivity contribution in [1.82, 2.24) is 14.9 Å². The predicted molar refractivity (Wildman–Crippen MR) is 90.5 cm³/mol. The second-order valence-electron chi connectivity index (χ2n) is 6.06. The van der Waals surface area contributed by atoms with Crippen LogP contribution in [0.25, 0.3) is 11.3 Å². The molecule has 1 saturated heterocycles. The van der Waals surface area contributed by atoms with E-state index in [4.69, 9.17) is 4.98 Å². The third-order valence-electron chi connectivity index (χ3n) is 4.61. The number of rotatable bonds is 2. The number of nitrogens with zero attached hydrogens (tertiary/aromatic N) is 2. The quantitative estimate of drug-likeness (QED) is 0.866. The van der Waals surface area contributed by atoms with Gasteiger partial charge in [0, 0.05) is 24.2 Å². The van der Waals surface area contributed by atoms with Crippen LogP contribution in [-0.2, 0) is 13.2 Å². The lowest BCUT2D eigenvalue weighted by Crippen LogP contribution is -2.27. The van der Waals surface area contributed by atoms with Crippen molar-refractivity contribution in [3.63, 3.8) is 0 Å². The van der Waals surface area contributed by atoms with Gasteiger partial charge in [-0.25, -0.2) is 4.98 Å². The van der Waals surface area contributed by atoms with Crippen molar-refractivity contribution in [3.8, 4) is 11.3 Å². The first-order chi connectivity index (χ1) is 10.9. The van der Waals surface area contributed by atoms with Crippen LogP contribution >= 0.6 is 12.4 Å². The van der Waals surface area contributed by atoms with Crippen LogP contribution in [0.15, 0.2) is 24.3 Å². The molecule has 7 heteroatoms. The van der Waals surface area contributed by atoms with Crippen molar-refractivity contribution in [3.05, 3.63) is 41.3 Å². The summed E-state index contributed by atoms with van der Waals surface area (Å²) in [6.07, 6.45) is -2.23. The van der Waals surface area contributed by atoms with Crippen LogP contribution in [-0.4, -0.2) is 22.6 Å². The van der Waals surface area contributed by atoms with Gasteiger partial charge >= 0.3 is 6.18 Å². The summed E-state index contributed by atoms with van der Waals surface area (Å²) in [4.78, 5) is 4.75. The SMILES string of the molecule is Cc1c(-c2ccc(C(F)(F)F)cc2)nc(C2CCNCC2)n1C.Cl. The Hall–Kier alpha value is -1.53. The summed E-state index contributed by atoms with van der Waals surface area (Å²) in [5.74, 6) is 1.43. The van der Waals surface area contributed by atoms with E-state index in [1.165, 1.54) is 12.1 Å². The lowest BCUT2D eigenvalue weighted by atomic mass is 9.97. The van der Waals surface area contributed by atoms with E-state index in [0.717, 1.165) is 60.8 Å². The number of nitrogens with one attached hydrogen (secondary N) is 1. The van der Waals surface area contributed by atoms with Crippen LogP contribution in [0.3, 0.4) is 0 Å². The standard InChI is InChI=1S/C17H20F3N3.ClH/c1-11-15(12-3-5-14(6-4-12)17(18,19)20)22-16(23(11)2)13-7-9-21-10-8-13;/h3-6,13,21H,7-10H2,1-2H3;1H. The first kappa shape index (κ1) is 18.8. The fraction of sp³-hybridized carbons (Fsp3) is 0.471. The largest absolute Gasteiger partial charge is 0.416 e. The fourth-order valence-electron chi connectivity index (χ4n) is 3.14. The molecule has 1 aliphatic rings. The number of hydrogen-bond donors (Lipinski definition) is 1. The van der Waals surface area contributed by atoms with E-state index in [1.807, 2.05) is 14.0 Å². The van der Waals surface area contributed by atoms with Gasteiger partial charge in [0.2, 0.25) is 0 Å². The normalized spacial score (nSPS) is 16.0. The average Bonchev–Trinajstić information content (AvgIpc) is 2.84. The third-order valence-corrected chi connectivity index (χ3v) is 4.61.